The lowest BCUT2D eigenvalue weighted by Gasteiger charge is -2.28. The van der Waals surface area contributed by atoms with E-state index in [1.165, 1.54) is 11.8 Å². The van der Waals surface area contributed by atoms with Gasteiger partial charge in [-0.3, -0.25) is 14.5 Å². The Morgan fingerprint density at radius 2 is 2.29 bits per heavy atom. The van der Waals surface area contributed by atoms with Crippen molar-refractivity contribution in [1.29, 1.82) is 0 Å². The Morgan fingerprint density at radius 1 is 1.46 bits per heavy atom. The molecule has 0 saturated heterocycles. The predicted octanol–water partition coefficient (Wildman–Crippen LogP) is 2.31. The van der Waals surface area contributed by atoms with E-state index in [2.05, 4.69) is 4.98 Å². The fourth-order valence-corrected chi connectivity index (χ4v) is 3.29. The number of ether oxygens (including phenoxy) is 2. The van der Waals surface area contributed by atoms with Crippen LogP contribution in [0, 0.1) is 0 Å². The molecule has 1 aromatic heterocycles. The van der Waals surface area contributed by atoms with Gasteiger partial charge in [-0.25, -0.2) is 4.98 Å². The van der Waals surface area contributed by atoms with Crippen molar-refractivity contribution in [1.82, 2.24) is 4.98 Å². The van der Waals surface area contributed by atoms with E-state index in [0.29, 0.717) is 18.0 Å². The summed E-state index contributed by atoms with van der Waals surface area (Å²) in [4.78, 5) is 29.6. The van der Waals surface area contributed by atoms with Crippen molar-refractivity contribution in [2.45, 2.75) is 13.3 Å². The second-order valence-electron chi connectivity index (χ2n) is 5.52. The van der Waals surface area contributed by atoms with Gasteiger partial charge in [0.1, 0.15) is 11.5 Å². The maximum absolute atomic E-state index is 12.1. The highest BCUT2D eigenvalue weighted by Gasteiger charge is 2.27. The number of anilines is 1. The van der Waals surface area contributed by atoms with Crippen LogP contribution in [0.5, 0.6) is 5.75 Å². The topological polar surface area (TPSA) is 68.7 Å². The first-order chi connectivity index (χ1) is 11.6. The van der Waals surface area contributed by atoms with Gasteiger partial charge in [-0.2, -0.15) is 0 Å². The Labute approximate surface area is 144 Å². The summed E-state index contributed by atoms with van der Waals surface area (Å²) in [5.41, 5.74) is 2.35. The van der Waals surface area contributed by atoms with Crippen molar-refractivity contribution in [3.8, 4) is 17.0 Å². The Hall–Kier alpha value is -2.25. The van der Waals surface area contributed by atoms with E-state index in [1.54, 1.807) is 18.4 Å². The maximum Gasteiger partial charge on any atom is 0.265 e. The zero-order chi connectivity index (χ0) is 17.1. The fourth-order valence-electron chi connectivity index (χ4n) is 2.51. The Kier molecular flexibility index (Phi) is 4.92. The summed E-state index contributed by atoms with van der Waals surface area (Å²) in [6, 6.07) is 5.58. The lowest BCUT2D eigenvalue weighted by atomic mass is 10.1. The third-order valence-electron chi connectivity index (χ3n) is 3.65. The average Bonchev–Trinajstić information content (AvgIpc) is 3.04. The zero-order valence-corrected chi connectivity index (χ0v) is 14.4. The van der Waals surface area contributed by atoms with Crippen molar-refractivity contribution >= 4 is 28.7 Å². The minimum Gasteiger partial charge on any atom is -0.482 e. The van der Waals surface area contributed by atoms with Crippen LogP contribution in [-0.2, 0) is 20.7 Å². The van der Waals surface area contributed by atoms with Gasteiger partial charge in [0.15, 0.2) is 6.61 Å². The SMILES string of the molecule is COCCc1nc(-c2ccc3c(c2)N(CC(C)=O)C(=O)CO3)cs1. The van der Waals surface area contributed by atoms with Crippen LogP contribution < -0.4 is 9.64 Å². The number of carbonyl (C=O) groups is 2. The van der Waals surface area contributed by atoms with Gasteiger partial charge in [-0.15, -0.1) is 11.3 Å². The molecular weight excluding hydrogens is 328 g/mol. The van der Waals surface area contributed by atoms with E-state index in [-0.39, 0.29) is 24.8 Å². The molecule has 1 amide bonds. The van der Waals surface area contributed by atoms with Crippen LogP contribution in [0.3, 0.4) is 0 Å². The summed E-state index contributed by atoms with van der Waals surface area (Å²) < 4.78 is 10.5. The smallest absolute Gasteiger partial charge is 0.265 e. The summed E-state index contributed by atoms with van der Waals surface area (Å²) in [5, 5.41) is 2.98. The molecule has 1 aliphatic heterocycles. The number of carbonyl (C=O) groups excluding carboxylic acids is 2. The Morgan fingerprint density at radius 3 is 3.04 bits per heavy atom. The Balaban J connectivity index is 1.91. The van der Waals surface area contributed by atoms with Crippen LogP contribution in [0.25, 0.3) is 11.3 Å². The molecule has 2 aromatic rings. The number of hydrogen-bond acceptors (Lipinski definition) is 6. The van der Waals surface area contributed by atoms with Crippen LogP contribution in [0.15, 0.2) is 23.6 Å². The van der Waals surface area contributed by atoms with Crippen LogP contribution in [-0.4, -0.2) is 43.5 Å². The van der Waals surface area contributed by atoms with Crippen LogP contribution in [0.1, 0.15) is 11.9 Å². The van der Waals surface area contributed by atoms with Gasteiger partial charge in [-0.1, -0.05) is 0 Å². The number of benzene rings is 1. The van der Waals surface area contributed by atoms with Gasteiger partial charge < -0.3 is 9.47 Å². The first kappa shape index (κ1) is 16.6. The molecule has 1 aliphatic rings. The zero-order valence-electron chi connectivity index (χ0n) is 13.6. The first-order valence-corrected chi connectivity index (χ1v) is 8.47. The molecule has 0 unspecified atom stereocenters. The quantitative estimate of drug-likeness (QED) is 0.803. The minimum atomic E-state index is -0.214. The number of Topliss-reactive ketones (excluding diaryl/α,β-unsaturated/α-hetero) is 1. The normalized spacial score (nSPS) is 13.6. The van der Waals surface area contributed by atoms with Gasteiger partial charge >= 0.3 is 0 Å². The highest BCUT2D eigenvalue weighted by atomic mass is 32.1. The van der Waals surface area contributed by atoms with E-state index >= 15 is 0 Å². The van der Waals surface area contributed by atoms with Gasteiger partial charge in [0.05, 0.1) is 29.5 Å². The van der Waals surface area contributed by atoms with Gasteiger partial charge in [-0.05, 0) is 25.1 Å². The summed E-state index contributed by atoms with van der Waals surface area (Å²) in [6.07, 6.45) is 0.768. The van der Waals surface area contributed by atoms with Crippen molar-refractivity contribution in [3.63, 3.8) is 0 Å². The largest absolute Gasteiger partial charge is 0.482 e. The lowest BCUT2D eigenvalue weighted by molar-refractivity contribution is -0.123. The molecule has 0 bridgehead atoms. The summed E-state index contributed by atoms with van der Waals surface area (Å²) in [5.74, 6) is 0.320. The second kappa shape index (κ2) is 7.11. The number of methoxy groups -OCH3 is 1. The number of amides is 1. The highest BCUT2D eigenvalue weighted by Crippen LogP contribution is 2.36. The molecule has 1 aromatic carbocycles. The van der Waals surface area contributed by atoms with Crippen LogP contribution in [0.2, 0.25) is 0 Å². The van der Waals surface area contributed by atoms with Crippen molar-refractivity contribution < 1.29 is 19.1 Å². The molecule has 2 heterocycles. The standard InChI is InChI=1S/C17H18N2O4S/c1-11(20)8-19-14-7-12(3-4-15(14)23-9-17(19)21)13-10-24-16(18-13)5-6-22-2/h3-4,7,10H,5-6,8-9H2,1-2H3. The summed E-state index contributed by atoms with van der Waals surface area (Å²) in [6.45, 7) is 2.10. The van der Waals surface area contributed by atoms with E-state index in [0.717, 1.165) is 22.7 Å². The molecule has 0 aliphatic carbocycles. The molecule has 0 spiro atoms. The maximum atomic E-state index is 12.1. The van der Waals surface area contributed by atoms with Crippen molar-refractivity contribution in [2.24, 2.45) is 0 Å². The van der Waals surface area contributed by atoms with Crippen LogP contribution >= 0.6 is 11.3 Å². The first-order valence-electron chi connectivity index (χ1n) is 7.59. The molecule has 7 heteroatoms. The Bertz CT molecular complexity index is 772. The van der Waals surface area contributed by atoms with Crippen molar-refractivity contribution in [2.75, 3.05) is 31.8 Å². The summed E-state index contributed by atoms with van der Waals surface area (Å²) >= 11 is 1.58. The summed E-state index contributed by atoms with van der Waals surface area (Å²) in [7, 11) is 1.67. The fraction of sp³-hybridized carbons (Fsp3) is 0.353. The minimum absolute atomic E-state index is 0.0442. The van der Waals surface area contributed by atoms with Gasteiger partial charge in [0, 0.05) is 24.5 Å². The highest BCUT2D eigenvalue weighted by molar-refractivity contribution is 7.09. The lowest BCUT2D eigenvalue weighted by Crippen LogP contribution is -2.41. The molecule has 0 saturated carbocycles. The van der Waals surface area contributed by atoms with Crippen LogP contribution in [0.4, 0.5) is 5.69 Å². The molecule has 24 heavy (non-hydrogen) atoms. The molecular formula is C17H18N2O4S. The molecule has 126 valence electrons. The predicted molar refractivity (Wildman–Crippen MR) is 91.7 cm³/mol. The number of fused-ring (bicyclic) bond motifs is 1. The number of aromatic nitrogens is 1. The van der Waals surface area contributed by atoms with Crippen molar-refractivity contribution in [3.05, 3.63) is 28.6 Å². The third kappa shape index (κ3) is 3.47. The number of ketones is 1. The van der Waals surface area contributed by atoms with E-state index in [1.807, 2.05) is 23.6 Å². The van der Waals surface area contributed by atoms with E-state index < -0.39 is 0 Å². The number of hydrogen-bond donors (Lipinski definition) is 0. The van der Waals surface area contributed by atoms with E-state index in [9.17, 15) is 9.59 Å². The monoisotopic (exact) mass is 346 g/mol. The number of rotatable bonds is 6. The third-order valence-corrected chi connectivity index (χ3v) is 4.56. The average molecular weight is 346 g/mol. The molecule has 3 rings (SSSR count). The van der Waals surface area contributed by atoms with Gasteiger partial charge in [0.25, 0.3) is 5.91 Å². The van der Waals surface area contributed by atoms with E-state index in [4.69, 9.17) is 9.47 Å². The molecule has 0 fully saturated rings. The molecule has 0 N–H and O–H groups in total. The number of nitrogens with zero attached hydrogens (tertiary/aromatic N) is 2. The second-order valence-corrected chi connectivity index (χ2v) is 6.47. The van der Waals surface area contributed by atoms with Gasteiger partial charge in [0.2, 0.25) is 0 Å². The molecule has 0 radical (unpaired) electrons. The molecule has 0 atom stereocenters. The number of thiazole rings is 1. The molecule has 6 nitrogen and oxygen atoms in total.